The van der Waals surface area contributed by atoms with Gasteiger partial charge in [-0.2, -0.15) is 0 Å². The van der Waals surface area contributed by atoms with E-state index in [0.717, 1.165) is 11.3 Å². The number of alkyl carbamates (subject to hydrolysis) is 1. The van der Waals surface area contributed by atoms with Crippen molar-refractivity contribution >= 4 is 11.8 Å². The van der Waals surface area contributed by atoms with Crippen LogP contribution >= 0.6 is 0 Å². The van der Waals surface area contributed by atoms with Crippen LogP contribution in [0.5, 0.6) is 0 Å². The van der Waals surface area contributed by atoms with Gasteiger partial charge in [0.2, 0.25) is 0 Å². The van der Waals surface area contributed by atoms with E-state index in [4.69, 9.17) is 4.74 Å². The molecular formula is C18H29FN2O2. The van der Waals surface area contributed by atoms with Crippen molar-refractivity contribution in [2.24, 2.45) is 11.8 Å². The largest absolute Gasteiger partial charge is 0.444 e. The van der Waals surface area contributed by atoms with Gasteiger partial charge in [-0.05, 0) is 63.3 Å². The molecule has 4 nitrogen and oxygen atoms in total. The molecule has 0 radical (unpaired) electrons. The Labute approximate surface area is 138 Å². The molecule has 0 heterocycles. The summed E-state index contributed by atoms with van der Waals surface area (Å²) in [7, 11) is 0. The quantitative estimate of drug-likeness (QED) is 0.818. The Morgan fingerprint density at radius 2 is 1.91 bits per heavy atom. The molecule has 2 N–H and O–H groups in total. The summed E-state index contributed by atoms with van der Waals surface area (Å²) in [4.78, 5) is 11.8. The molecule has 1 atom stereocenters. The van der Waals surface area contributed by atoms with Crippen LogP contribution in [0.4, 0.5) is 14.9 Å². The van der Waals surface area contributed by atoms with E-state index in [1.165, 1.54) is 12.1 Å². The summed E-state index contributed by atoms with van der Waals surface area (Å²) in [5.74, 6) is 0.394. The summed E-state index contributed by atoms with van der Waals surface area (Å²) in [5.41, 5.74) is 1.28. The number of hydrogen-bond donors (Lipinski definition) is 2. The van der Waals surface area contributed by atoms with Crippen LogP contribution in [0.3, 0.4) is 0 Å². The Hall–Kier alpha value is -1.78. The van der Waals surface area contributed by atoms with Gasteiger partial charge >= 0.3 is 6.09 Å². The van der Waals surface area contributed by atoms with Gasteiger partial charge in [0.15, 0.2) is 0 Å². The molecule has 0 saturated carbocycles. The summed E-state index contributed by atoms with van der Waals surface area (Å²) < 4.78 is 18.4. The highest BCUT2D eigenvalue weighted by Gasteiger charge is 2.19. The van der Waals surface area contributed by atoms with Gasteiger partial charge in [0, 0.05) is 18.8 Å². The number of halogens is 1. The lowest BCUT2D eigenvalue weighted by Gasteiger charge is -2.24. The zero-order valence-electron chi connectivity index (χ0n) is 15.0. The normalized spacial score (nSPS) is 12.9. The van der Waals surface area contributed by atoms with Crippen molar-refractivity contribution in [3.8, 4) is 0 Å². The Kier molecular flexibility index (Phi) is 6.85. The molecule has 0 saturated heterocycles. The van der Waals surface area contributed by atoms with Crippen LogP contribution in [0.1, 0.15) is 40.2 Å². The first-order valence-corrected chi connectivity index (χ1v) is 8.05. The summed E-state index contributed by atoms with van der Waals surface area (Å²) in [6.07, 6.45) is -0.402. The zero-order chi connectivity index (χ0) is 17.6. The van der Waals surface area contributed by atoms with Gasteiger partial charge in [0.05, 0.1) is 0 Å². The van der Waals surface area contributed by atoms with Crippen LogP contribution in [0.2, 0.25) is 0 Å². The van der Waals surface area contributed by atoms with E-state index in [9.17, 15) is 9.18 Å². The van der Waals surface area contributed by atoms with Gasteiger partial charge in [-0.1, -0.05) is 13.8 Å². The van der Waals surface area contributed by atoms with Crippen molar-refractivity contribution < 1.29 is 13.9 Å². The molecule has 1 aromatic carbocycles. The maximum Gasteiger partial charge on any atom is 0.407 e. The lowest BCUT2D eigenvalue weighted by atomic mass is 9.95. The van der Waals surface area contributed by atoms with Gasteiger partial charge < -0.3 is 15.4 Å². The maximum atomic E-state index is 13.1. The molecule has 0 spiro atoms. The number of benzene rings is 1. The van der Waals surface area contributed by atoms with E-state index in [1.807, 2.05) is 27.7 Å². The average Bonchev–Trinajstić information content (AvgIpc) is 2.38. The molecule has 1 unspecified atom stereocenters. The number of ether oxygens (including phenoxy) is 1. The van der Waals surface area contributed by atoms with E-state index in [0.29, 0.717) is 19.0 Å². The van der Waals surface area contributed by atoms with Crippen molar-refractivity contribution in [2.45, 2.75) is 47.1 Å². The number of nitrogens with one attached hydrogen (secondary N) is 2. The number of amides is 1. The lowest BCUT2D eigenvalue weighted by molar-refractivity contribution is 0.0516. The van der Waals surface area contributed by atoms with E-state index in [-0.39, 0.29) is 11.7 Å². The Bertz CT molecular complexity index is 524. The Morgan fingerprint density at radius 1 is 1.26 bits per heavy atom. The number of carbonyl (C=O) groups excluding carboxylic acids is 1. The van der Waals surface area contributed by atoms with Gasteiger partial charge in [-0.15, -0.1) is 0 Å². The fourth-order valence-corrected chi connectivity index (χ4v) is 2.14. The Morgan fingerprint density at radius 3 is 2.43 bits per heavy atom. The monoisotopic (exact) mass is 324 g/mol. The molecular weight excluding hydrogens is 295 g/mol. The topological polar surface area (TPSA) is 50.4 Å². The van der Waals surface area contributed by atoms with Crippen molar-refractivity contribution in [3.63, 3.8) is 0 Å². The first-order chi connectivity index (χ1) is 10.6. The third-order valence-electron chi connectivity index (χ3n) is 3.59. The maximum absolute atomic E-state index is 13.1. The van der Waals surface area contributed by atoms with Crippen LogP contribution in [-0.2, 0) is 4.74 Å². The fraction of sp³-hybridized carbons (Fsp3) is 0.611. The highest BCUT2D eigenvalue weighted by molar-refractivity contribution is 5.67. The third kappa shape index (κ3) is 7.35. The highest BCUT2D eigenvalue weighted by Crippen LogP contribution is 2.18. The molecule has 130 valence electrons. The van der Waals surface area contributed by atoms with E-state index >= 15 is 0 Å². The number of hydrogen-bond acceptors (Lipinski definition) is 3. The molecule has 0 aliphatic heterocycles. The molecule has 23 heavy (non-hydrogen) atoms. The molecule has 0 aliphatic carbocycles. The summed E-state index contributed by atoms with van der Waals surface area (Å²) in [6, 6.07) is 4.69. The summed E-state index contributed by atoms with van der Waals surface area (Å²) in [6.45, 7) is 12.8. The molecule has 5 heteroatoms. The van der Waals surface area contributed by atoms with Crippen LogP contribution in [0, 0.1) is 24.6 Å². The van der Waals surface area contributed by atoms with Crippen molar-refractivity contribution in [2.75, 3.05) is 18.4 Å². The van der Waals surface area contributed by atoms with Gasteiger partial charge in [0.25, 0.3) is 0 Å². The van der Waals surface area contributed by atoms with E-state index in [1.54, 1.807) is 6.07 Å². The van der Waals surface area contributed by atoms with Crippen molar-refractivity contribution in [1.82, 2.24) is 5.32 Å². The second-order valence-electron chi connectivity index (χ2n) is 7.23. The minimum absolute atomic E-state index is 0.236. The molecule has 0 aromatic heterocycles. The van der Waals surface area contributed by atoms with E-state index < -0.39 is 11.7 Å². The zero-order valence-corrected chi connectivity index (χ0v) is 15.0. The predicted molar refractivity (Wildman–Crippen MR) is 92.2 cm³/mol. The number of aryl methyl sites for hydroxylation is 1. The summed E-state index contributed by atoms with van der Waals surface area (Å²) in [5, 5.41) is 6.15. The highest BCUT2D eigenvalue weighted by atomic mass is 19.1. The van der Waals surface area contributed by atoms with Crippen LogP contribution in [-0.4, -0.2) is 24.8 Å². The first-order valence-electron chi connectivity index (χ1n) is 8.05. The predicted octanol–water partition coefficient (Wildman–Crippen LogP) is 4.34. The minimum atomic E-state index is -0.499. The smallest absolute Gasteiger partial charge is 0.407 e. The molecule has 1 rings (SSSR count). The average molecular weight is 324 g/mol. The van der Waals surface area contributed by atoms with Crippen LogP contribution in [0.25, 0.3) is 0 Å². The summed E-state index contributed by atoms with van der Waals surface area (Å²) >= 11 is 0. The molecule has 1 amide bonds. The third-order valence-corrected chi connectivity index (χ3v) is 3.59. The molecule has 1 aromatic rings. The SMILES string of the molecule is Cc1cc(F)ccc1NCC(CNC(=O)OC(C)(C)C)C(C)C. The number of carbonyl (C=O) groups is 1. The van der Waals surface area contributed by atoms with Gasteiger partial charge in [-0.3, -0.25) is 0 Å². The molecule has 0 aliphatic rings. The van der Waals surface area contributed by atoms with E-state index in [2.05, 4.69) is 24.5 Å². The second kappa shape index (κ2) is 8.18. The second-order valence-corrected chi connectivity index (χ2v) is 7.23. The Balaban J connectivity index is 2.54. The first kappa shape index (κ1) is 19.3. The van der Waals surface area contributed by atoms with Crippen molar-refractivity contribution in [3.05, 3.63) is 29.6 Å². The van der Waals surface area contributed by atoms with Gasteiger partial charge in [0.1, 0.15) is 11.4 Å². The van der Waals surface area contributed by atoms with Gasteiger partial charge in [-0.25, -0.2) is 9.18 Å². The van der Waals surface area contributed by atoms with Crippen LogP contribution < -0.4 is 10.6 Å². The molecule has 0 fully saturated rings. The van der Waals surface area contributed by atoms with Crippen molar-refractivity contribution in [1.29, 1.82) is 0 Å². The fourth-order valence-electron chi connectivity index (χ4n) is 2.14. The standard InChI is InChI=1S/C18H29FN2O2/c1-12(2)14(11-21-17(22)23-18(4,5)6)10-20-16-8-7-15(19)9-13(16)3/h7-9,12,14,20H,10-11H2,1-6H3,(H,21,22). The molecule has 0 bridgehead atoms. The number of rotatable bonds is 6. The van der Waals surface area contributed by atoms with Crippen LogP contribution in [0.15, 0.2) is 18.2 Å². The lowest BCUT2D eigenvalue weighted by Crippen LogP contribution is -2.38. The minimum Gasteiger partial charge on any atom is -0.444 e. The number of anilines is 1.